The molecule has 1 amide bonds. The van der Waals surface area contributed by atoms with Crippen LogP contribution in [0.15, 0.2) is 12.2 Å². The van der Waals surface area contributed by atoms with Crippen molar-refractivity contribution in [2.24, 2.45) is 0 Å². The van der Waals surface area contributed by atoms with E-state index >= 15 is 0 Å². The number of carbonyl (C=O) groups excluding carboxylic acids is 1. The minimum absolute atomic E-state index is 0.0295. The van der Waals surface area contributed by atoms with Crippen LogP contribution < -0.4 is 5.32 Å². The molecule has 1 N–H and O–H groups in total. The van der Waals surface area contributed by atoms with Gasteiger partial charge in [0.1, 0.15) is 0 Å². The first-order valence-electron chi connectivity index (χ1n) is 4.33. The Kier molecular flexibility index (Phi) is 3.79. The van der Waals surface area contributed by atoms with E-state index in [9.17, 15) is 4.79 Å². The van der Waals surface area contributed by atoms with Gasteiger partial charge < -0.3 is 5.32 Å². The lowest BCUT2D eigenvalue weighted by atomic mass is 10.2. The van der Waals surface area contributed by atoms with Crippen molar-refractivity contribution < 1.29 is 4.79 Å². The molecule has 0 radical (unpaired) electrons. The average molecular weight is 232 g/mol. The molecule has 0 heterocycles. The molecular weight excluding hydrogens is 218 g/mol. The molecule has 0 aromatic carbocycles. The van der Waals surface area contributed by atoms with Gasteiger partial charge in [-0.05, 0) is 19.3 Å². The summed E-state index contributed by atoms with van der Waals surface area (Å²) in [7, 11) is 0. The molecule has 3 heteroatoms. The van der Waals surface area contributed by atoms with Gasteiger partial charge in [0.15, 0.2) is 0 Å². The van der Waals surface area contributed by atoms with E-state index in [1.54, 1.807) is 0 Å². The van der Waals surface area contributed by atoms with Crippen LogP contribution in [0, 0.1) is 0 Å². The molecule has 1 rings (SSSR count). The van der Waals surface area contributed by atoms with Crippen molar-refractivity contribution in [3.05, 3.63) is 12.2 Å². The van der Waals surface area contributed by atoms with Crippen molar-refractivity contribution in [1.82, 2.24) is 5.32 Å². The number of halogens is 1. The fourth-order valence-corrected chi connectivity index (χ4v) is 1.34. The summed E-state index contributed by atoms with van der Waals surface area (Å²) in [6.45, 7) is 1.99. The average Bonchev–Trinajstić information content (AvgIpc) is 2.55. The zero-order valence-electron chi connectivity index (χ0n) is 7.22. The number of hydrogen-bond acceptors (Lipinski definition) is 1. The van der Waals surface area contributed by atoms with Gasteiger partial charge in [0, 0.05) is 6.04 Å². The van der Waals surface area contributed by atoms with Crippen LogP contribution >= 0.6 is 15.9 Å². The Morgan fingerprint density at radius 3 is 2.75 bits per heavy atom. The number of amides is 1. The van der Waals surface area contributed by atoms with E-state index in [-0.39, 0.29) is 10.7 Å². The van der Waals surface area contributed by atoms with Gasteiger partial charge in [0.05, 0.1) is 4.83 Å². The minimum atomic E-state index is -0.0295. The summed E-state index contributed by atoms with van der Waals surface area (Å²) in [5.41, 5.74) is 0. The van der Waals surface area contributed by atoms with Crippen LogP contribution in [0.1, 0.15) is 26.2 Å². The van der Waals surface area contributed by atoms with Crippen molar-refractivity contribution in [2.75, 3.05) is 0 Å². The lowest BCUT2D eigenvalue weighted by molar-refractivity contribution is -0.121. The number of rotatable bonds is 3. The Morgan fingerprint density at radius 2 is 2.25 bits per heavy atom. The molecule has 0 spiro atoms. The van der Waals surface area contributed by atoms with Crippen molar-refractivity contribution in [3.8, 4) is 0 Å². The molecule has 2 nitrogen and oxygen atoms in total. The van der Waals surface area contributed by atoms with Gasteiger partial charge in [-0.3, -0.25) is 4.79 Å². The Balaban J connectivity index is 2.26. The van der Waals surface area contributed by atoms with Gasteiger partial charge in [-0.15, -0.1) is 0 Å². The summed E-state index contributed by atoms with van der Waals surface area (Å²) in [6, 6.07) is 0.337. The third kappa shape index (κ3) is 2.63. The Hall–Kier alpha value is -0.310. The van der Waals surface area contributed by atoms with Crippen LogP contribution in [-0.4, -0.2) is 16.8 Å². The zero-order valence-corrected chi connectivity index (χ0v) is 8.80. The predicted molar refractivity (Wildman–Crippen MR) is 53.3 cm³/mol. The summed E-state index contributed by atoms with van der Waals surface area (Å²) < 4.78 is 0. The van der Waals surface area contributed by atoms with E-state index in [0.717, 1.165) is 19.3 Å². The molecule has 0 fully saturated rings. The van der Waals surface area contributed by atoms with Crippen LogP contribution in [0.2, 0.25) is 0 Å². The highest BCUT2D eigenvalue weighted by Gasteiger charge is 2.17. The number of hydrogen-bond donors (Lipinski definition) is 1. The summed E-state index contributed by atoms with van der Waals surface area (Å²) in [4.78, 5) is 11.3. The lowest BCUT2D eigenvalue weighted by Crippen LogP contribution is -2.37. The van der Waals surface area contributed by atoms with Gasteiger partial charge in [0.2, 0.25) is 5.91 Å². The molecule has 0 aliphatic heterocycles. The first-order valence-corrected chi connectivity index (χ1v) is 5.25. The van der Waals surface area contributed by atoms with Crippen LogP contribution in [0.5, 0.6) is 0 Å². The SMILES string of the molecule is CCC(Br)C(=O)NC1CC=CC1. The monoisotopic (exact) mass is 231 g/mol. The Labute approximate surface area is 81.5 Å². The lowest BCUT2D eigenvalue weighted by Gasteiger charge is -2.14. The summed E-state index contributed by atoms with van der Waals surface area (Å²) in [6.07, 6.45) is 7.02. The van der Waals surface area contributed by atoms with Gasteiger partial charge in [-0.25, -0.2) is 0 Å². The second kappa shape index (κ2) is 4.65. The van der Waals surface area contributed by atoms with Crippen LogP contribution in [-0.2, 0) is 4.79 Å². The second-order valence-corrected chi connectivity index (χ2v) is 4.13. The second-order valence-electron chi connectivity index (χ2n) is 3.02. The Morgan fingerprint density at radius 1 is 1.67 bits per heavy atom. The standard InChI is InChI=1S/C9H14BrNO/c1-2-8(10)9(12)11-7-5-3-4-6-7/h3-4,7-8H,2,5-6H2,1H3,(H,11,12). The van der Waals surface area contributed by atoms with E-state index < -0.39 is 0 Å². The van der Waals surface area contributed by atoms with E-state index in [4.69, 9.17) is 0 Å². The maximum Gasteiger partial charge on any atom is 0.234 e. The minimum Gasteiger partial charge on any atom is -0.352 e. The predicted octanol–water partition coefficient (Wildman–Crippen LogP) is 1.99. The van der Waals surface area contributed by atoms with Gasteiger partial charge in [-0.2, -0.15) is 0 Å². The highest BCUT2D eigenvalue weighted by atomic mass is 79.9. The molecule has 1 atom stereocenters. The summed E-state index contributed by atoms with van der Waals surface area (Å²) in [5.74, 6) is 0.117. The van der Waals surface area contributed by atoms with Gasteiger partial charge in [-0.1, -0.05) is 35.0 Å². The molecule has 1 aliphatic carbocycles. The molecule has 12 heavy (non-hydrogen) atoms. The Bertz CT molecular complexity index is 183. The van der Waals surface area contributed by atoms with E-state index in [1.165, 1.54) is 0 Å². The maximum absolute atomic E-state index is 11.3. The van der Waals surface area contributed by atoms with Crippen molar-refractivity contribution in [3.63, 3.8) is 0 Å². The number of alkyl halides is 1. The summed E-state index contributed by atoms with van der Waals surface area (Å²) in [5, 5.41) is 2.98. The molecule has 1 aliphatic rings. The van der Waals surface area contributed by atoms with E-state index in [2.05, 4.69) is 33.4 Å². The first-order chi connectivity index (χ1) is 5.74. The van der Waals surface area contributed by atoms with Crippen molar-refractivity contribution >= 4 is 21.8 Å². The maximum atomic E-state index is 11.3. The molecule has 0 bridgehead atoms. The number of nitrogens with one attached hydrogen (secondary N) is 1. The van der Waals surface area contributed by atoms with Crippen LogP contribution in [0.3, 0.4) is 0 Å². The molecule has 0 aromatic rings. The highest BCUT2D eigenvalue weighted by Crippen LogP contribution is 2.11. The topological polar surface area (TPSA) is 29.1 Å². The molecule has 68 valence electrons. The van der Waals surface area contributed by atoms with E-state index in [0.29, 0.717) is 6.04 Å². The van der Waals surface area contributed by atoms with Crippen molar-refractivity contribution in [2.45, 2.75) is 37.1 Å². The molecule has 0 saturated heterocycles. The highest BCUT2D eigenvalue weighted by molar-refractivity contribution is 9.10. The molecular formula is C9H14BrNO. The molecule has 1 unspecified atom stereocenters. The first kappa shape index (κ1) is 9.78. The normalized spacial score (nSPS) is 19.5. The quantitative estimate of drug-likeness (QED) is 0.585. The van der Waals surface area contributed by atoms with Crippen LogP contribution in [0.25, 0.3) is 0 Å². The summed E-state index contributed by atoms with van der Waals surface area (Å²) >= 11 is 3.32. The van der Waals surface area contributed by atoms with E-state index in [1.807, 2.05) is 6.92 Å². The third-order valence-electron chi connectivity index (χ3n) is 2.00. The fourth-order valence-electron chi connectivity index (χ4n) is 1.21. The van der Waals surface area contributed by atoms with Crippen LogP contribution in [0.4, 0.5) is 0 Å². The fraction of sp³-hybridized carbons (Fsp3) is 0.667. The molecule has 0 saturated carbocycles. The zero-order chi connectivity index (χ0) is 8.97. The van der Waals surface area contributed by atoms with Crippen molar-refractivity contribution in [1.29, 1.82) is 0 Å². The largest absolute Gasteiger partial charge is 0.352 e. The third-order valence-corrected chi connectivity index (χ3v) is 3.06. The molecule has 0 aromatic heterocycles. The van der Waals surface area contributed by atoms with Gasteiger partial charge in [0.25, 0.3) is 0 Å². The van der Waals surface area contributed by atoms with Gasteiger partial charge >= 0.3 is 0 Å². The smallest absolute Gasteiger partial charge is 0.234 e. The number of carbonyl (C=O) groups is 1.